The van der Waals surface area contributed by atoms with Crippen molar-refractivity contribution < 1.29 is 9.13 Å². The van der Waals surface area contributed by atoms with Crippen LogP contribution in [0.3, 0.4) is 0 Å². The van der Waals surface area contributed by atoms with Gasteiger partial charge in [-0.25, -0.2) is 4.39 Å². The maximum Gasteiger partial charge on any atom is 0.165 e. The van der Waals surface area contributed by atoms with Crippen molar-refractivity contribution in [1.29, 1.82) is 0 Å². The third kappa shape index (κ3) is 5.31. The van der Waals surface area contributed by atoms with E-state index < -0.39 is 0 Å². The maximum absolute atomic E-state index is 13.9. The summed E-state index contributed by atoms with van der Waals surface area (Å²) in [5, 5.41) is 3.60. The molecule has 0 spiro atoms. The molecule has 21 heavy (non-hydrogen) atoms. The topological polar surface area (TPSA) is 21.3 Å². The van der Waals surface area contributed by atoms with Crippen LogP contribution in [0.2, 0.25) is 0 Å². The van der Waals surface area contributed by atoms with Crippen molar-refractivity contribution in [3.63, 3.8) is 0 Å². The zero-order valence-corrected chi connectivity index (χ0v) is 14.3. The van der Waals surface area contributed by atoms with Gasteiger partial charge in [-0.15, -0.1) is 0 Å². The molecule has 1 rings (SSSR count). The molecule has 0 aliphatic heterocycles. The number of rotatable bonds is 7. The summed E-state index contributed by atoms with van der Waals surface area (Å²) in [7, 11) is 1.49. The minimum Gasteiger partial charge on any atom is -0.494 e. The van der Waals surface area contributed by atoms with Crippen molar-refractivity contribution >= 4 is 0 Å². The van der Waals surface area contributed by atoms with Crippen molar-refractivity contribution in [2.75, 3.05) is 13.7 Å². The quantitative estimate of drug-likeness (QED) is 0.795. The van der Waals surface area contributed by atoms with Crippen LogP contribution in [0.25, 0.3) is 0 Å². The summed E-state index contributed by atoms with van der Waals surface area (Å²) in [5.74, 6) is 0.0325. The average Bonchev–Trinajstić information content (AvgIpc) is 2.43. The van der Waals surface area contributed by atoms with E-state index in [2.05, 4.69) is 39.9 Å². The minimum absolute atomic E-state index is 0.0980. The minimum atomic E-state index is -0.278. The Bertz CT molecular complexity index is 447. The third-order valence-corrected chi connectivity index (χ3v) is 4.29. The van der Waals surface area contributed by atoms with Crippen LogP contribution in [-0.4, -0.2) is 19.2 Å². The van der Waals surface area contributed by atoms with Crippen molar-refractivity contribution in [3.05, 3.63) is 29.6 Å². The molecule has 0 radical (unpaired) electrons. The first-order chi connectivity index (χ1) is 9.75. The van der Waals surface area contributed by atoms with Gasteiger partial charge in [0.1, 0.15) is 0 Å². The van der Waals surface area contributed by atoms with Gasteiger partial charge in [0.15, 0.2) is 11.6 Å². The van der Waals surface area contributed by atoms with Crippen LogP contribution < -0.4 is 10.1 Å². The van der Waals surface area contributed by atoms with Crippen LogP contribution in [0.5, 0.6) is 5.75 Å². The lowest BCUT2D eigenvalue weighted by Crippen LogP contribution is -2.44. The first-order valence-electron chi connectivity index (χ1n) is 7.82. The number of ether oxygens (including phenoxy) is 1. The van der Waals surface area contributed by atoms with E-state index in [4.69, 9.17) is 4.74 Å². The zero-order chi connectivity index (χ0) is 16.1. The zero-order valence-electron chi connectivity index (χ0n) is 14.3. The molecule has 3 heteroatoms. The van der Waals surface area contributed by atoms with Crippen LogP contribution in [0.15, 0.2) is 18.2 Å². The van der Waals surface area contributed by atoms with Gasteiger partial charge in [-0.1, -0.05) is 19.9 Å². The van der Waals surface area contributed by atoms with Gasteiger partial charge in [0, 0.05) is 12.1 Å². The number of benzene rings is 1. The molecule has 0 bridgehead atoms. The molecular weight excluding hydrogens is 265 g/mol. The Balaban J connectivity index is 2.89. The predicted octanol–water partition coefficient (Wildman–Crippen LogP) is 4.57. The van der Waals surface area contributed by atoms with Gasteiger partial charge in [0.2, 0.25) is 0 Å². The monoisotopic (exact) mass is 295 g/mol. The molecule has 0 atom stereocenters. The van der Waals surface area contributed by atoms with Crippen molar-refractivity contribution in [2.45, 2.75) is 59.4 Å². The molecule has 1 N–H and O–H groups in total. The molecule has 0 aromatic heterocycles. The predicted molar refractivity (Wildman–Crippen MR) is 87.4 cm³/mol. The molecule has 0 saturated carbocycles. The van der Waals surface area contributed by atoms with Crippen LogP contribution in [0.1, 0.15) is 53.0 Å². The number of hydrogen-bond donors (Lipinski definition) is 1. The van der Waals surface area contributed by atoms with Crippen LogP contribution in [-0.2, 0) is 6.42 Å². The number of methoxy groups -OCH3 is 1. The fourth-order valence-electron chi connectivity index (χ4n) is 2.52. The van der Waals surface area contributed by atoms with Crippen LogP contribution >= 0.6 is 0 Å². The molecule has 0 amide bonds. The van der Waals surface area contributed by atoms with E-state index in [9.17, 15) is 4.39 Å². The van der Waals surface area contributed by atoms with Crippen molar-refractivity contribution in [2.24, 2.45) is 5.41 Å². The third-order valence-electron chi connectivity index (χ3n) is 4.29. The Morgan fingerprint density at radius 2 is 1.76 bits per heavy atom. The smallest absolute Gasteiger partial charge is 0.165 e. The Kier molecular flexibility index (Phi) is 6.21. The molecule has 0 unspecified atom stereocenters. The summed E-state index contributed by atoms with van der Waals surface area (Å²) in [5.41, 5.74) is 1.29. The Labute approximate surface area is 129 Å². The lowest BCUT2D eigenvalue weighted by atomic mass is 9.76. The molecule has 0 heterocycles. The number of hydrogen-bond acceptors (Lipinski definition) is 2. The van der Waals surface area contributed by atoms with E-state index in [0.717, 1.165) is 31.4 Å². The fraction of sp³-hybridized carbons (Fsp3) is 0.667. The molecule has 0 aliphatic rings. The second kappa shape index (κ2) is 7.26. The van der Waals surface area contributed by atoms with Gasteiger partial charge in [-0.3, -0.25) is 0 Å². The van der Waals surface area contributed by atoms with E-state index in [-0.39, 0.29) is 16.8 Å². The highest BCUT2D eigenvalue weighted by Gasteiger charge is 2.28. The Morgan fingerprint density at radius 1 is 1.14 bits per heavy atom. The lowest BCUT2D eigenvalue weighted by Gasteiger charge is -2.35. The maximum atomic E-state index is 13.9. The summed E-state index contributed by atoms with van der Waals surface area (Å²) in [6.45, 7) is 11.9. The number of nitrogens with one attached hydrogen (secondary N) is 1. The molecule has 1 aromatic carbocycles. The first kappa shape index (κ1) is 18.0. The van der Waals surface area contributed by atoms with E-state index in [1.165, 1.54) is 7.11 Å². The molecule has 0 aliphatic carbocycles. The molecule has 2 nitrogen and oxygen atoms in total. The van der Waals surface area contributed by atoms with E-state index in [1.54, 1.807) is 12.1 Å². The standard InChI is InChI=1S/C18H30FNO/c1-7-18(8-2,13-20-17(3,4)5)12-14-9-10-16(21-6)15(19)11-14/h9-11,20H,7-8,12-13H2,1-6H3. The van der Waals surface area contributed by atoms with E-state index in [0.29, 0.717) is 5.75 Å². The summed E-state index contributed by atoms with van der Waals surface area (Å²) in [4.78, 5) is 0. The average molecular weight is 295 g/mol. The molecular formula is C18H30FNO. The summed E-state index contributed by atoms with van der Waals surface area (Å²) in [6, 6.07) is 5.30. The highest BCUT2D eigenvalue weighted by Crippen LogP contribution is 2.32. The highest BCUT2D eigenvalue weighted by atomic mass is 19.1. The van der Waals surface area contributed by atoms with Crippen molar-refractivity contribution in [3.8, 4) is 5.75 Å². The van der Waals surface area contributed by atoms with E-state index in [1.807, 2.05) is 6.07 Å². The first-order valence-corrected chi connectivity index (χ1v) is 7.82. The summed E-state index contributed by atoms with van der Waals surface area (Å²) < 4.78 is 18.9. The van der Waals surface area contributed by atoms with E-state index >= 15 is 0 Å². The second-order valence-electron chi connectivity index (χ2n) is 6.96. The van der Waals surface area contributed by atoms with Gasteiger partial charge < -0.3 is 10.1 Å². The SMILES string of the molecule is CCC(CC)(CNC(C)(C)C)Cc1ccc(OC)c(F)c1. The largest absolute Gasteiger partial charge is 0.494 e. The molecule has 120 valence electrons. The summed E-state index contributed by atoms with van der Waals surface area (Å²) >= 11 is 0. The molecule has 0 fully saturated rings. The van der Waals surface area contributed by atoms with Crippen LogP contribution in [0.4, 0.5) is 4.39 Å². The lowest BCUT2D eigenvalue weighted by molar-refractivity contribution is 0.220. The Morgan fingerprint density at radius 3 is 2.19 bits per heavy atom. The van der Waals surface area contributed by atoms with Crippen molar-refractivity contribution in [1.82, 2.24) is 5.32 Å². The van der Waals surface area contributed by atoms with Crippen LogP contribution in [0, 0.1) is 11.2 Å². The fourth-order valence-corrected chi connectivity index (χ4v) is 2.52. The number of halogens is 1. The molecule has 1 aromatic rings. The van der Waals surface area contributed by atoms with Gasteiger partial charge in [0.25, 0.3) is 0 Å². The normalized spacial score (nSPS) is 12.5. The molecule has 0 saturated heterocycles. The van der Waals surface area contributed by atoms with Gasteiger partial charge in [-0.2, -0.15) is 0 Å². The van der Waals surface area contributed by atoms with Gasteiger partial charge in [0.05, 0.1) is 7.11 Å². The Hall–Kier alpha value is -1.09. The van der Waals surface area contributed by atoms with Gasteiger partial charge >= 0.3 is 0 Å². The summed E-state index contributed by atoms with van der Waals surface area (Å²) in [6.07, 6.45) is 3.02. The second-order valence-corrected chi connectivity index (χ2v) is 6.96. The van der Waals surface area contributed by atoms with Gasteiger partial charge in [-0.05, 0) is 63.1 Å². The highest BCUT2D eigenvalue weighted by molar-refractivity contribution is 5.30.